The number of para-hydroxylation sites is 1. The molecule has 1 N–H and O–H groups in total. The second-order valence-electron chi connectivity index (χ2n) is 9.53. The third-order valence-corrected chi connectivity index (χ3v) is 7.43. The highest BCUT2D eigenvalue weighted by molar-refractivity contribution is 5.81. The summed E-state index contributed by atoms with van der Waals surface area (Å²) in [6.07, 6.45) is 5.04. The molecule has 7 heteroatoms. The van der Waals surface area contributed by atoms with Gasteiger partial charge in [-0.25, -0.2) is 0 Å². The van der Waals surface area contributed by atoms with Crippen molar-refractivity contribution >= 4 is 11.8 Å². The van der Waals surface area contributed by atoms with Crippen molar-refractivity contribution in [1.29, 1.82) is 0 Å². The van der Waals surface area contributed by atoms with Crippen LogP contribution < -0.4 is 10.1 Å². The molecule has 1 aromatic rings. The summed E-state index contributed by atoms with van der Waals surface area (Å²) >= 11 is 0. The van der Waals surface area contributed by atoms with Gasteiger partial charge >= 0.3 is 0 Å². The van der Waals surface area contributed by atoms with Gasteiger partial charge < -0.3 is 24.4 Å². The van der Waals surface area contributed by atoms with Crippen molar-refractivity contribution in [3.05, 3.63) is 29.8 Å². The minimum Gasteiger partial charge on any atom is -0.490 e. The number of carbonyl (C=O) groups excluding carboxylic acids is 2. The van der Waals surface area contributed by atoms with Crippen LogP contribution in [0.25, 0.3) is 0 Å². The average molecular weight is 429 g/mol. The van der Waals surface area contributed by atoms with Crippen molar-refractivity contribution in [3.63, 3.8) is 0 Å². The van der Waals surface area contributed by atoms with Crippen LogP contribution in [0.3, 0.4) is 0 Å². The van der Waals surface area contributed by atoms with E-state index in [4.69, 9.17) is 14.2 Å². The second kappa shape index (κ2) is 8.43. The zero-order chi connectivity index (χ0) is 21.4. The van der Waals surface area contributed by atoms with E-state index in [2.05, 4.69) is 17.4 Å². The van der Waals surface area contributed by atoms with Crippen LogP contribution in [0.1, 0.15) is 56.9 Å². The second-order valence-corrected chi connectivity index (χ2v) is 9.53. The van der Waals surface area contributed by atoms with E-state index in [0.717, 1.165) is 31.4 Å². The van der Waals surface area contributed by atoms with Gasteiger partial charge in [-0.05, 0) is 56.6 Å². The molecule has 3 atom stereocenters. The predicted molar refractivity (Wildman–Crippen MR) is 114 cm³/mol. The Balaban J connectivity index is 1.43. The molecule has 4 heterocycles. The Morgan fingerprint density at radius 1 is 1.13 bits per heavy atom. The van der Waals surface area contributed by atoms with Crippen LogP contribution in [0.4, 0.5) is 0 Å². The van der Waals surface area contributed by atoms with E-state index in [0.29, 0.717) is 38.5 Å². The summed E-state index contributed by atoms with van der Waals surface area (Å²) in [5.74, 6) is 1.28. The van der Waals surface area contributed by atoms with E-state index in [1.807, 2.05) is 24.0 Å². The van der Waals surface area contributed by atoms with Crippen molar-refractivity contribution in [2.75, 3.05) is 26.4 Å². The van der Waals surface area contributed by atoms with Crippen LogP contribution in [0.2, 0.25) is 0 Å². The van der Waals surface area contributed by atoms with Crippen molar-refractivity contribution in [1.82, 2.24) is 10.2 Å². The van der Waals surface area contributed by atoms with Gasteiger partial charge in [-0.1, -0.05) is 18.2 Å². The lowest BCUT2D eigenvalue weighted by Crippen LogP contribution is -2.65. The van der Waals surface area contributed by atoms with Crippen LogP contribution >= 0.6 is 0 Å². The Labute approximate surface area is 183 Å². The number of fused-ring (bicyclic) bond motifs is 6. The number of rotatable bonds is 0. The Bertz CT molecular complexity index is 837. The van der Waals surface area contributed by atoms with Crippen LogP contribution in [0.15, 0.2) is 24.3 Å². The lowest BCUT2D eigenvalue weighted by Gasteiger charge is -2.42. The van der Waals surface area contributed by atoms with E-state index < -0.39 is 5.54 Å². The summed E-state index contributed by atoms with van der Waals surface area (Å²) in [5, 5.41) is 3.14. The van der Waals surface area contributed by atoms with Gasteiger partial charge in [-0.2, -0.15) is 0 Å². The maximum Gasteiger partial charge on any atom is 0.246 e. The Hall–Kier alpha value is -2.12. The van der Waals surface area contributed by atoms with E-state index in [-0.39, 0.29) is 36.7 Å². The SMILES string of the molecule is C[C@@H]1CC(=O)N2CC[C@]3(COCC(=O)N3)[C@H]2CO[C@H]2CC[C@H](CC2)c2ccccc2O1. The van der Waals surface area contributed by atoms with Gasteiger partial charge in [0.1, 0.15) is 18.5 Å². The molecule has 2 bridgehead atoms. The maximum atomic E-state index is 13.3. The first-order valence-corrected chi connectivity index (χ1v) is 11.6. The summed E-state index contributed by atoms with van der Waals surface area (Å²) < 4.78 is 18.3. The first-order chi connectivity index (χ1) is 15.0. The number of hydrogen-bond donors (Lipinski definition) is 1. The summed E-state index contributed by atoms with van der Waals surface area (Å²) in [4.78, 5) is 27.3. The standard InChI is InChI=1S/C24H32N2O5/c1-16-12-23(28)26-11-10-24(15-29-14-22(27)25-24)21(26)13-30-18-8-6-17(7-9-18)19-4-2-3-5-20(19)31-16/h2-5,16-18,21H,6-15H2,1H3,(H,25,27)/t16-,17-,18+,21-,24+/m1/s1. The molecular weight excluding hydrogens is 396 g/mol. The quantitative estimate of drug-likeness (QED) is 0.687. The molecule has 7 nitrogen and oxygen atoms in total. The van der Waals surface area contributed by atoms with Crippen molar-refractivity contribution < 1.29 is 23.8 Å². The van der Waals surface area contributed by atoms with Crippen LogP contribution in [-0.4, -0.2) is 66.9 Å². The number of nitrogens with one attached hydrogen (secondary N) is 1. The number of hydrogen-bond acceptors (Lipinski definition) is 5. The average Bonchev–Trinajstić information content (AvgIpc) is 3.09. The van der Waals surface area contributed by atoms with Gasteiger partial charge in [0.25, 0.3) is 0 Å². The normalized spacial score (nSPS) is 36.4. The molecule has 31 heavy (non-hydrogen) atoms. The molecule has 0 radical (unpaired) electrons. The molecule has 6 rings (SSSR count). The number of ether oxygens (including phenoxy) is 3. The molecule has 0 aromatic heterocycles. The van der Waals surface area contributed by atoms with E-state index in [1.54, 1.807) is 0 Å². The first-order valence-electron chi connectivity index (χ1n) is 11.6. The number of amides is 2. The smallest absolute Gasteiger partial charge is 0.246 e. The monoisotopic (exact) mass is 428 g/mol. The van der Waals surface area contributed by atoms with Crippen LogP contribution in [0, 0.1) is 0 Å². The molecule has 2 amide bonds. The molecule has 1 aliphatic carbocycles. The fourth-order valence-electron chi connectivity index (χ4n) is 5.79. The number of morpholine rings is 1. The number of benzene rings is 1. The minimum atomic E-state index is -0.560. The van der Waals surface area contributed by atoms with Crippen molar-refractivity contribution in [2.45, 2.75) is 75.2 Å². The zero-order valence-corrected chi connectivity index (χ0v) is 18.2. The highest BCUT2D eigenvalue weighted by Crippen LogP contribution is 2.40. The number of carbonyl (C=O) groups is 2. The summed E-state index contributed by atoms with van der Waals surface area (Å²) in [7, 11) is 0. The Morgan fingerprint density at radius 3 is 2.74 bits per heavy atom. The summed E-state index contributed by atoms with van der Waals surface area (Å²) in [5.41, 5.74) is 0.688. The third-order valence-electron chi connectivity index (χ3n) is 7.43. The highest BCUT2D eigenvalue weighted by atomic mass is 16.5. The van der Waals surface area contributed by atoms with Crippen LogP contribution in [0.5, 0.6) is 5.75 Å². The molecule has 0 unspecified atom stereocenters. The Kier molecular flexibility index (Phi) is 5.65. The third kappa shape index (κ3) is 4.05. The van der Waals surface area contributed by atoms with Gasteiger partial charge in [-0.15, -0.1) is 0 Å². The van der Waals surface area contributed by atoms with Gasteiger partial charge in [0.15, 0.2) is 0 Å². The molecule has 1 saturated carbocycles. The predicted octanol–water partition coefficient (Wildman–Crippen LogP) is 2.39. The van der Waals surface area contributed by atoms with Gasteiger partial charge in [0, 0.05) is 6.54 Å². The first kappa shape index (κ1) is 20.8. The summed E-state index contributed by atoms with van der Waals surface area (Å²) in [6, 6.07) is 8.03. The lowest BCUT2D eigenvalue weighted by atomic mass is 9.82. The fourth-order valence-corrected chi connectivity index (χ4v) is 5.79. The molecular formula is C24H32N2O5. The van der Waals surface area contributed by atoms with Crippen LogP contribution in [-0.2, 0) is 19.1 Å². The molecule has 4 aliphatic heterocycles. The van der Waals surface area contributed by atoms with Crippen molar-refractivity contribution in [2.24, 2.45) is 0 Å². The molecule has 168 valence electrons. The van der Waals surface area contributed by atoms with E-state index in [1.165, 1.54) is 5.56 Å². The van der Waals surface area contributed by atoms with E-state index >= 15 is 0 Å². The van der Waals surface area contributed by atoms with Gasteiger partial charge in [0.05, 0.1) is 37.3 Å². The highest BCUT2D eigenvalue weighted by Gasteiger charge is 2.52. The fraction of sp³-hybridized carbons (Fsp3) is 0.667. The number of nitrogens with zero attached hydrogens (tertiary/aromatic N) is 1. The molecule has 2 saturated heterocycles. The maximum absolute atomic E-state index is 13.3. The molecule has 5 aliphatic rings. The molecule has 3 fully saturated rings. The van der Waals surface area contributed by atoms with Crippen molar-refractivity contribution in [3.8, 4) is 5.75 Å². The molecule has 1 spiro atoms. The largest absolute Gasteiger partial charge is 0.490 e. The molecule has 1 aromatic carbocycles. The summed E-state index contributed by atoms with van der Waals surface area (Å²) in [6.45, 7) is 3.48. The van der Waals surface area contributed by atoms with Gasteiger partial charge in [-0.3, -0.25) is 9.59 Å². The lowest BCUT2D eigenvalue weighted by molar-refractivity contribution is -0.144. The topological polar surface area (TPSA) is 77.1 Å². The Morgan fingerprint density at radius 2 is 1.94 bits per heavy atom. The van der Waals surface area contributed by atoms with Gasteiger partial charge in [0.2, 0.25) is 11.8 Å². The van der Waals surface area contributed by atoms with E-state index in [9.17, 15) is 9.59 Å². The minimum absolute atomic E-state index is 0.0393. The zero-order valence-electron chi connectivity index (χ0n) is 18.2.